The summed E-state index contributed by atoms with van der Waals surface area (Å²) in [6.45, 7) is 0.445. The van der Waals surface area contributed by atoms with Crippen LogP contribution in [0.1, 0.15) is 11.4 Å². The van der Waals surface area contributed by atoms with Gasteiger partial charge in [0.25, 0.3) is 0 Å². The topological polar surface area (TPSA) is 94.0 Å². The molecule has 0 bridgehead atoms. The Labute approximate surface area is 111 Å². The van der Waals surface area contributed by atoms with Crippen molar-refractivity contribution < 1.29 is 9.32 Å². The molecule has 3 N–H and O–H groups in total. The van der Waals surface area contributed by atoms with E-state index in [2.05, 4.69) is 20.0 Å². The summed E-state index contributed by atoms with van der Waals surface area (Å²) < 4.78 is 4.60. The number of amides is 1. The maximum Gasteiger partial charge on any atom is 0.237 e. The van der Waals surface area contributed by atoms with Crippen molar-refractivity contribution in [3.63, 3.8) is 0 Å². The molecule has 0 saturated heterocycles. The summed E-state index contributed by atoms with van der Waals surface area (Å²) >= 11 is 0. The monoisotopic (exact) mass is 260 g/mol. The van der Waals surface area contributed by atoms with Gasteiger partial charge < -0.3 is 15.6 Å². The average molecular weight is 260 g/mol. The summed E-state index contributed by atoms with van der Waals surface area (Å²) in [5.74, 6) is 0.393. The molecule has 0 aliphatic rings. The maximum absolute atomic E-state index is 11.8. The fourth-order valence-electron chi connectivity index (χ4n) is 1.69. The third kappa shape index (κ3) is 4.18. The molecular formula is C13H16N4O2. The van der Waals surface area contributed by atoms with Gasteiger partial charge in [-0.2, -0.15) is 4.98 Å². The van der Waals surface area contributed by atoms with Gasteiger partial charge in [-0.25, -0.2) is 0 Å². The van der Waals surface area contributed by atoms with Crippen molar-refractivity contribution in [2.24, 2.45) is 5.73 Å². The van der Waals surface area contributed by atoms with E-state index in [0.717, 1.165) is 5.56 Å². The molecule has 1 aromatic heterocycles. The standard InChI is InChI=1S/C13H16N4O2/c14-11(8-10-4-2-1-3-5-10)13(18)15-7-6-12-16-9-19-17-12/h1-5,9,11H,6-8,14H2,(H,15,18)/t11-/m1/s1. The molecule has 0 saturated carbocycles. The van der Waals surface area contributed by atoms with Gasteiger partial charge in [0.1, 0.15) is 0 Å². The molecule has 19 heavy (non-hydrogen) atoms. The Bertz CT molecular complexity index is 499. The van der Waals surface area contributed by atoms with Crippen LogP contribution in [0.2, 0.25) is 0 Å². The Morgan fingerprint density at radius 1 is 1.37 bits per heavy atom. The van der Waals surface area contributed by atoms with Gasteiger partial charge in [-0.1, -0.05) is 35.5 Å². The lowest BCUT2D eigenvalue weighted by molar-refractivity contribution is -0.122. The lowest BCUT2D eigenvalue weighted by Crippen LogP contribution is -2.42. The van der Waals surface area contributed by atoms with Crippen LogP contribution in [0.15, 0.2) is 41.2 Å². The van der Waals surface area contributed by atoms with E-state index in [1.807, 2.05) is 30.3 Å². The molecule has 100 valence electrons. The number of hydrogen-bond donors (Lipinski definition) is 2. The lowest BCUT2D eigenvalue weighted by atomic mass is 10.1. The van der Waals surface area contributed by atoms with Crippen molar-refractivity contribution in [3.05, 3.63) is 48.1 Å². The maximum atomic E-state index is 11.8. The van der Waals surface area contributed by atoms with Crippen molar-refractivity contribution in [2.45, 2.75) is 18.9 Å². The van der Waals surface area contributed by atoms with E-state index in [4.69, 9.17) is 5.73 Å². The minimum Gasteiger partial charge on any atom is -0.354 e. The molecule has 0 radical (unpaired) electrons. The first-order valence-electron chi connectivity index (χ1n) is 6.08. The molecule has 0 aliphatic heterocycles. The van der Waals surface area contributed by atoms with E-state index in [1.165, 1.54) is 6.39 Å². The third-order valence-corrected chi connectivity index (χ3v) is 2.69. The van der Waals surface area contributed by atoms with E-state index in [9.17, 15) is 4.79 Å². The number of nitrogens with zero attached hydrogens (tertiary/aromatic N) is 2. The first-order valence-corrected chi connectivity index (χ1v) is 6.08. The van der Waals surface area contributed by atoms with Gasteiger partial charge in [-0.15, -0.1) is 0 Å². The van der Waals surface area contributed by atoms with Crippen molar-refractivity contribution in [2.75, 3.05) is 6.54 Å². The zero-order chi connectivity index (χ0) is 13.5. The smallest absolute Gasteiger partial charge is 0.237 e. The number of aromatic nitrogens is 2. The number of nitrogens with one attached hydrogen (secondary N) is 1. The minimum absolute atomic E-state index is 0.174. The minimum atomic E-state index is -0.548. The summed E-state index contributed by atoms with van der Waals surface area (Å²) in [7, 11) is 0. The fraction of sp³-hybridized carbons (Fsp3) is 0.308. The van der Waals surface area contributed by atoms with Gasteiger partial charge in [-0.3, -0.25) is 4.79 Å². The number of rotatable bonds is 6. The molecule has 1 heterocycles. The summed E-state index contributed by atoms with van der Waals surface area (Å²) in [6, 6.07) is 9.14. The quantitative estimate of drug-likeness (QED) is 0.779. The highest BCUT2D eigenvalue weighted by atomic mass is 16.5. The summed E-state index contributed by atoms with van der Waals surface area (Å²) in [5.41, 5.74) is 6.89. The van der Waals surface area contributed by atoms with E-state index in [-0.39, 0.29) is 5.91 Å². The summed E-state index contributed by atoms with van der Waals surface area (Å²) in [6.07, 6.45) is 2.31. The molecule has 0 aliphatic carbocycles. The van der Waals surface area contributed by atoms with Gasteiger partial charge in [0, 0.05) is 13.0 Å². The molecule has 6 heteroatoms. The second-order valence-electron chi connectivity index (χ2n) is 4.18. The zero-order valence-electron chi connectivity index (χ0n) is 10.5. The van der Waals surface area contributed by atoms with Gasteiger partial charge in [-0.05, 0) is 12.0 Å². The Balaban J connectivity index is 1.73. The first kappa shape index (κ1) is 13.2. The highest BCUT2D eigenvalue weighted by Gasteiger charge is 2.13. The van der Waals surface area contributed by atoms with Crippen LogP contribution in [-0.2, 0) is 17.6 Å². The van der Waals surface area contributed by atoms with Crippen LogP contribution < -0.4 is 11.1 Å². The Kier molecular flexibility index (Phi) is 4.63. The van der Waals surface area contributed by atoms with Gasteiger partial charge in [0.15, 0.2) is 5.82 Å². The van der Waals surface area contributed by atoms with Gasteiger partial charge in [0.05, 0.1) is 6.04 Å². The van der Waals surface area contributed by atoms with Crippen LogP contribution in [0.3, 0.4) is 0 Å². The molecule has 0 unspecified atom stereocenters. The number of hydrogen-bond acceptors (Lipinski definition) is 5. The first-order chi connectivity index (χ1) is 9.25. The molecule has 2 aromatic rings. The Morgan fingerprint density at radius 3 is 2.84 bits per heavy atom. The lowest BCUT2D eigenvalue weighted by Gasteiger charge is -2.11. The van der Waals surface area contributed by atoms with Crippen LogP contribution in [-0.4, -0.2) is 28.6 Å². The second-order valence-corrected chi connectivity index (χ2v) is 4.18. The number of nitrogens with two attached hydrogens (primary N) is 1. The molecular weight excluding hydrogens is 244 g/mol. The summed E-state index contributed by atoms with van der Waals surface area (Å²) in [4.78, 5) is 15.6. The van der Waals surface area contributed by atoms with Crippen LogP contribution in [0, 0.1) is 0 Å². The van der Waals surface area contributed by atoms with E-state index in [1.54, 1.807) is 0 Å². The highest BCUT2D eigenvalue weighted by Crippen LogP contribution is 2.01. The van der Waals surface area contributed by atoms with Crippen LogP contribution in [0.4, 0.5) is 0 Å². The summed E-state index contributed by atoms with van der Waals surface area (Å²) in [5, 5.41) is 6.41. The van der Waals surface area contributed by atoms with Crippen molar-refractivity contribution in [1.29, 1.82) is 0 Å². The molecule has 1 atom stereocenters. The van der Waals surface area contributed by atoms with E-state index >= 15 is 0 Å². The largest absolute Gasteiger partial charge is 0.354 e. The van der Waals surface area contributed by atoms with Crippen LogP contribution in [0.25, 0.3) is 0 Å². The molecule has 1 amide bonds. The number of carbonyl (C=O) groups excluding carboxylic acids is 1. The van der Waals surface area contributed by atoms with Crippen molar-refractivity contribution in [3.8, 4) is 0 Å². The SMILES string of the molecule is N[C@H](Cc1ccccc1)C(=O)NCCc1ncon1. The molecule has 0 spiro atoms. The Morgan fingerprint density at radius 2 is 2.16 bits per heavy atom. The van der Waals surface area contributed by atoms with Gasteiger partial charge >= 0.3 is 0 Å². The highest BCUT2D eigenvalue weighted by molar-refractivity contribution is 5.81. The second kappa shape index (κ2) is 6.65. The Hall–Kier alpha value is -2.21. The zero-order valence-corrected chi connectivity index (χ0v) is 10.5. The predicted octanol–water partition coefficient (Wildman–Crippen LogP) is 0.298. The molecule has 2 rings (SSSR count). The van der Waals surface area contributed by atoms with Crippen LogP contribution >= 0.6 is 0 Å². The van der Waals surface area contributed by atoms with E-state index in [0.29, 0.717) is 25.2 Å². The number of benzene rings is 1. The van der Waals surface area contributed by atoms with Crippen molar-refractivity contribution >= 4 is 5.91 Å². The van der Waals surface area contributed by atoms with Gasteiger partial charge in [0.2, 0.25) is 12.3 Å². The van der Waals surface area contributed by atoms with Crippen molar-refractivity contribution in [1.82, 2.24) is 15.5 Å². The fourth-order valence-corrected chi connectivity index (χ4v) is 1.69. The van der Waals surface area contributed by atoms with E-state index < -0.39 is 6.04 Å². The normalized spacial score (nSPS) is 12.1. The molecule has 1 aromatic carbocycles. The molecule has 6 nitrogen and oxygen atoms in total. The number of carbonyl (C=O) groups is 1. The average Bonchev–Trinajstić information content (AvgIpc) is 2.93. The third-order valence-electron chi connectivity index (χ3n) is 2.69. The predicted molar refractivity (Wildman–Crippen MR) is 69.1 cm³/mol. The molecule has 0 fully saturated rings. The van der Waals surface area contributed by atoms with Crippen LogP contribution in [0.5, 0.6) is 0 Å².